The Morgan fingerprint density at radius 3 is 1.19 bits per heavy atom. The number of rotatable bonds is 3. The molecule has 0 aromatic heterocycles. The predicted molar refractivity (Wildman–Crippen MR) is 109 cm³/mol. The van der Waals surface area contributed by atoms with Crippen LogP contribution in [0.3, 0.4) is 0 Å². The van der Waals surface area contributed by atoms with Crippen LogP contribution < -0.4 is 15.9 Å². The van der Waals surface area contributed by atoms with Crippen LogP contribution in [0.15, 0.2) is 108 Å². The first-order valence-corrected chi connectivity index (χ1v) is 8.99. The van der Waals surface area contributed by atoms with Crippen molar-refractivity contribution in [1.29, 1.82) is 0 Å². The summed E-state index contributed by atoms with van der Waals surface area (Å²) in [5.41, 5.74) is 7.50. The standard InChI is InChI=1S/C18H15P.C5.ClH.Ni/c1-4-10-16(11-5-1)19(17-12-6-2-7-13-17)18-14-8-3-9-15-18;1-2-4-5-3-1;;/h1-15H;;1H;/q;-1;;. The second kappa shape index (κ2) is 12.3. The summed E-state index contributed by atoms with van der Waals surface area (Å²) in [6, 6.07) is 32.3. The molecule has 1 radical (unpaired) electrons. The fraction of sp³-hybridized carbons (Fsp3) is 0. The zero-order valence-corrected chi connectivity index (χ0v) is 16.5. The molecule has 0 spiro atoms. The zero-order valence-electron chi connectivity index (χ0n) is 13.8. The number of hydrogen-bond acceptors (Lipinski definition) is 0. The molecule has 1 aliphatic rings. The molecule has 0 bridgehead atoms. The zero-order chi connectivity index (χ0) is 16.5. The molecule has 0 aliphatic heterocycles. The molecule has 0 fully saturated rings. The van der Waals surface area contributed by atoms with Crippen LogP contribution in [0.25, 0.3) is 0 Å². The van der Waals surface area contributed by atoms with E-state index in [1.54, 1.807) is 0 Å². The molecule has 0 amide bonds. The van der Waals surface area contributed by atoms with Crippen molar-refractivity contribution in [3.63, 3.8) is 0 Å². The summed E-state index contributed by atoms with van der Waals surface area (Å²) >= 11 is 0. The van der Waals surface area contributed by atoms with Crippen molar-refractivity contribution in [2.75, 3.05) is 0 Å². The molecule has 3 aromatic rings. The van der Waals surface area contributed by atoms with Gasteiger partial charge in [-0.3, -0.25) is 11.5 Å². The summed E-state index contributed by atoms with van der Waals surface area (Å²) in [6.07, 6.45) is 5.00. The quantitative estimate of drug-likeness (QED) is 0.255. The Hall–Kier alpha value is -2.05. The van der Waals surface area contributed by atoms with Gasteiger partial charge < -0.3 is 0 Å². The van der Waals surface area contributed by atoms with Crippen LogP contribution >= 0.6 is 20.3 Å². The molecule has 0 saturated carbocycles. The molecular weight excluding hydrogens is 401 g/mol. The number of hydrogen-bond donors (Lipinski definition) is 0. The van der Waals surface area contributed by atoms with Crippen LogP contribution in [0.2, 0.25) is 0 Å². The fourth-order valence-electron chi connectivity index (χ4n) is 2.33. The van der Waals surface area contributed by atoms with Gasteiger partial charge in [-0.05, 0) is 23.8 Å². The summed E-state index contributed by atoms with van der Waals surface area (Å²) < 4.78 is 0. The van der Waals surface area contributed by atoms with Crippen LogP contribution in [-0.2, 0) is 16.5 Å². The van der Waals surface area contributed by atoms with E-state index in [-0.39, 0.29) is 28.9 Å². The molecule has 131 valence electrons. The second-order valence-electron chi connectivity index (χ2n) is 4.97. The van der Waals surface area contributed by atoms with Crippen molar-refractivity contribution in [3.8, 4) is 0 Å². The van der Waals surface area contributed by atoms with E-state index in [1.807, 2.05) is 0 Å². The Balaban J connectivity index is 0.000000421. The molecule has 4 rings (SSSR count). The molecule has 3 aromatic carbocycles. The Bertz CT molecular complexity index is 794. The summed E-state index contributed by atoms with van der Waals surface area (Å²) in [7, 11) is -0.446. The number of allylic oxidation sites excluding steroid dienone is 2. The maximum atomic E-state index is 2.50. The van der Waals surface area contributed by atoms with Crippen molar-refractivity contribution < 1.29 is 16.5 Å². The Labute approximate surface area is 172 Å². The van der Waals surface area contributed by atoms with Crippen LogP contribution in [0, 0.1) is 12.2 Å². The van der Waals surface area contributed by atoms with E-state index in [1.165, 1.54) is 15.9 Å². The van der Waals surface area contributed by atoms with Gasteiger partial charge in [0.15, 0.2) is 0 Å². The van der Waals surface area contributed by atoms with Crippen molar-refractivity contribution >= 4 is 36.2 Å². The number of benzene rings is 3. The Morgan fingerprint density at radius 2 is 0.962 bits per heavy atom. The first kappa shape index (κ1) is 22.0. The minimum atomic E-state index is -0.446. The second-order valence-corrected chi connectivity index (χ2v) is 7.19. The van der Waals surface area contributed by atoms with Gasteiger partial charge in [0, 0.05) is 16.5 Å². The molecule has 3 heteroatoms. The first-order valence-electron chi connectivity index (χ1n) is 7.65. The summed E-state index contributed by atoms with van der Waals surface area (Å²) in [4.78, 5) is 0. The Kier molecular flexibility index (Phi) is 10.4. The van der Waals surface area contributed by atoms with Crippen LogP contribution in [0.5, 0.6) is 0 Å². The van der Waals surface area contributed by atoms with E-state index < -0.39 is 7.92 Å². The maximum Gasteiger partial charge on any atom is 0 e. The van der Waals surface area contributed by atoms with Gasteiger partial charge in [0.2, 0.25) is 0 Å². The molecule has 0 nitrogen and oxygen atoms in total. The van der Waals surface area contributed by atoms with Crippen LogP contribution in [0.1, 0.15) is 0 Å². The first-order chi connectivity index (χ1) is 11.9. The van der Waals surface area contributed by atoms with Gasteiger partial charge in [0.05, 0.1) is 0 Å². The average molecular weight is 418 g/mol. The van der Waals surface area contributed by atoms with E-state index in [4.69, 9.17) is 0 Å². The van der Waals surface area contributed by atoms with Crippen molar-refractivity contribution in [3.05, 3.63) is 120 Å². The molecule has 0 heterocycles. The van der Waals surface area contributed by atoms with Crippen LogP contribution in [0.4, 0.5) is 0 Å². The molecule has 1 aliphatic carbocycles. The van der Waals surface area contributed by atoms with Gasteiger partial charge >= 0.3 is 0 Å². The molecule has 0 saturated heterocycles. The SMILES string of the molecule is Cl.[C]1=C=C=C=[C-]1.[Ni].c1ccc(P(c2ccccc2)c2ccccc2)cc1. The van der Waals surface area contributed by atoms with Crippen molar-refractivity contribution in [1.82, 2.24) is 0 Å². The predicted octanol–water partition coefficient (Wildman–Crippen LogP) is 4.49. The van der Waals surface area contributed by atoms with Gasteiger partial charge in [-0.25, -0.2) is 5.73 Å². The van der Waals surface area contributed by atoms with Crippen LogP contribution in [-0.4, -0.2) is 0 Å². The fourth-order valence-corrected chi connectivity index (χ4v) is 4.64. The maximum absolute atomic E-state index is 2.50. The Morgan fingerprint density at radius 1 is 0.577 bits per heavy atom. The van der Waals surface area contributed by atoms with E-state index in [9.17, 15) is 0 Å². The largest absolute Gasteiger partial charge is 0.288 e. The molecule has 26 heavy (non-hydrogen) atoms. The molecule has 0 unspecified atom stereocenters. The van der Waals surface area contributed by atoms with E-state index in [0.29, 0.717) is 0 Å². The molecule has 0 N–H and O–H groups in total. The molecule has 0 atom stereocenters. The summed E-state index contributed by atoms with van der Waals surface area (Å²) in [6.45, 7) is 0. The van der Waals surface area contributed by atoms with Gasteiger partial charge in [-0.1, -0.05) is 91.0 Å². The van der Waals surface area contributed by atoms with E-state index >= 15 is 0 Å². The third-order valence-corrected chi connectivity index (χ3v) is 5.80. The summed E-state index contributed by atoms with van der Waals surface area (Å²) in [5, 5.41) is 4.19. The number of halogens is 1. The topological polar surface area (TPSA) is 0 Å². The minimum Gasteiger partial charge on any atom is -0.288 e. The van der Waals surface area contributed by atoms with Crippen molar-refractivity contribution in [2.45, 2.75) is 0 Å². The summed E-state index contributed by atoms with van der Waals surface area (Å²) in [5.74, 6) is 0. The third-order valence-electron chi connectivity index (χ3n) is 3.36. The average Bonchev–Trinajstić information content (AvgIpc) is 3.25. The van der Waals surface area contributed by atoms with Crippen molar-refractivity contribution in [2.24, 2.45) is 0 Å². The van der Waals surface area contributed by atoms with E-state index in [2.05, 4.69) is 120 Å². The monoisotopic (exact) mass is 416 g/mol. The van der Waals surface area contributed by atoms with E-state index in [0.717, 1.165) is 0 Å². The third kappa shape index (κ3) is 6.35. The van der Waals surface area contributed by atoms with Gasteiger partial charge in [0.25, 0.3) is 0 Å². The molecular formula is C23H16ClNiP-. The smallest absolute Gasteiger partial charge is 0 e. The minimum absolute atomic E-state index is 0. The normalized spacial score (nSPS) is 9.88. The van der Waals surface area contributed by atoms with Gasteiger partial charge in [-0.15, -0.1) is 24.6 Å². The van der Waals surface area contributed by atoms with Gasteiger partial charge in [0.1, 0.15) is 0 Å². The van der Waals surface area contributed by atoms with Gasteiger partial charge in [-0.2, -0.15) is 0 Å².